The molecule has 0 aliphatic carbocycles. The lowest BCUT2D eigenvalue weighted by Crippen LogP contribution is -2.42. The fraction of sp³-hybridized carbons (Fsp3) is 0.429. The maximum atomic E-state index is 11.2. The van der Waals surface area contributed by atoms with Crippen LogP contribution in [-0.2, 0) is 0 Å². The van der Waals surface area contributed by atoms with Crippen LogP contribution in [0.5, 0.6) is 11.5 Å². The number of rotatable bonds is 5. The van der Waals surface area contributed by atoms with E-state index in [1.807, 2.05) is 0 Å². The SMILES string of the molecule is C[Si](C)(C)c1cccc(P(c2cccc([Si](C)(C)C)c2O)[Si](C)(C)C)c1O. The summed E-state index contributed by atoms with van der Waals surface area (Å²) >= 11 is 0. The Kier molecular flexibility index (Phi) is 6.23. The smallest absolute Gasteiger partial charge is 0.122 e. The first kappa shape index (κ1) is 22.4. The van der Waals surface area contributed by atoms with Gasteiger partial charge in [0.05, 0.1) is 23.9 Å². The van der Waals surface area contributed by atoms with Crippen LogP contribution in [0.15, 0.2) is 36.4 Å². The molecular weight excluding hydrogens is 399 g/mol. The maximum Gasteiger partial charge on any atom is 0.122 e. The van der Waals surface area contributed by atoms with Crippen molar-refractivity contribution in [3.05, 3.63) is 36.4 Å². The molecule has 0 spiro atoms. The van der Waals surface area contributed by atoms with Gasteiger partial charge in [0.2, 0.25) is 0 Å². The average Bonchev–Trinajstić information content (AvgIpc) is 2.47. The van der Waals surface area contributed by atoms with Crippen molar-refractivity contribution in [3.63, 3.8) is 0 Å². The van der Waals surface area contributed by atoms with Crippen LogP contribution in [0.25, 0.3) is 0 Å². The summed E-state index contributed by atoms with van der Waals surface area (Å²) in [6.07, 6.45) is 0. The van der Waals surface area contributed by atoms with Gasteiger partial charge in [0.1, 0.15) is 11.5 Å². The molecule has 0 radical (unpaired) electrons. The molecule has 0 amide bonds. The van der Waals surface area contributed by atoms with Gasteiger partial charge in [-0.25, -0.2) is 0 Å². The minimum absolute atomic E-state index is 0.475. The van der Waals surface area contributed by atoms with E-state index in [1.54, 1.807) is 0 Å². The highest BCUT2D eigenvalue weighted by Crippen LogP contribution is 2.48. The van der Waals surface area contributed by atoms with Gasteiger partial charge in [-0.05, 0) is 10.4 Å². The largest absolute Gasteiger partial charge is 0.507 e. The van der Waals surface area contributed by atoms with E-state index in [1.165, 1.54) is 0 Å². The molecule has 0 heterocycles. The second kappa shape index (κ2) is 7.51. The molecule has 27 heavy (non-hydrogen) atoms. The molecule has 0 atom stereocenters. The molecule has 6 heteroatoms. The average molecular weight is 435 g/mol. The highest BCUT2D eigenvalue weighted by molar-refractivity contribution is 8.04. The predicted molar refractivity (Wildman–Crippen MR) is 132 cm³/mol. The molecule has 0 saturated heterocycles. The van der Waals surface area contributed by atoms with Gasteiger partial charge in [0.25, 0.3) is 0 Å². The fourth-order valence-electron chi connectivity index (χ4n) is 3.49. The Morgan fingerprint density at radius 1 is 0.593 bits per heavy atom. The van der Waals surface area contributed by atoms with Crippen LogP contribution in [0.3, 0.4) is 0 Å². The fourth-order valence-corrected chi connectivity index (χ4v) is 14.8. The summed E-state index contributed by atoms with van der Waals surface area (Å²) < 4.78 is 0. The Morgan fingerprint density at radius 3 is 1.19 bits per heavy atom. The molecule has 0 bridgehead atoms. The molecule has 0 unspecified atom stereocenters. The van der Waals surface area contributed by atoms with Crippen molar-refractivity contribution in [2.45, 2.75) is 58.9 Å². The molecular formula is C21H35O2PSi3. The lowest BCUT2D eigenvalue weighted by Gasteiger charge is -2.34. The first-order chi connectivity index (χ1) is 12.2. The number of phenolic OH excluding ortho intramolecular Hbond substituents is 2. The van der Waals surface area contributed by atoms with E-state index in [-0.39, 0.29) is 0 Å². The van der Waals surface area contributed by atoms with E-state index in [2.05, 4.69) is 95.3 Å². The van der Waals surface area contributed by atoms with Crippen LogP contribution in [0, 0.1) is 0 Å². The summed E-state index contributed by atoms with van der Waals surface area (Å²) in [6.45, 7) is 20.7. The van der Waals surface area contributed by atoms with Gasteiger partial charge in [0.15, 0.2) is 0 Å². The Balaban J connectivity index is 2.79. The highest BCUT2D eigenvalue weighted by atomic mass is 31.4. The van der Waals surface area contributed by atoms with Gasteiger partial charge >= 0.3 is 0 Å². The zero-order chi connectivity index (χ0) is 20.8. The van der Waals surface area contributed by atoms with Gasteiger partial charge < -0.3 is 10.2 Å². The minimum Gasteiger partial charge on any atom is -0.507 e. The van der Waals surface area contributed by atoms with Gasteiger partial charge in [-0.1, -0.05) is 103 Å². The van der Waals surface area contributed by atoms with Crippen molar-refractivity contribution < 1.29 is 10.2 Å². The summed E-state index contributed by atoms with van der Waals surface area (Å²) in [5.74, 6) is 0.950. The number of phenols is 2. The summed E-state index contributed by atoms with van der Waals surface area (Å²) in [4.78, 5) is 0. The molecule has 0 aliphatic rings. The van der Waals surface area contributed by atoms with Gasteiger partial charge in [-0.15, -0.1) is 0 Å². The zero-order valence-corrected chi connectivity index (χ0v) is 22.2. The molecule has 2 N–H and O–H groups in total. The van der Waals surface area contributed by atoms with Gasteiger partial charge in [0, 0.05) is 10.6 Å². The van der Waals surface area contributed by atoms with Crippen LogP contribution in [-0.4, -0.2) is 34.1 Å². The predicted octanol–water partition coefficient (Wildman–Crippen LogP) is 4.46. The number of aromatic hydroxyl groups is 2. The number of para-hydroxylation sites is 2. The summed E-state index contributed by atoms with van der Waals surface area (Å²) in [5, 5.41) is 26.8. The molecule has 0 fully saturated rings. The Bertz CT molecular complexity index is 767. The monoisotopic (exact) mass is 434 g/mol. The molecule has 148 valence electrons. The van der Waals surface area contributed by atoms with Crippen molar-refractivity contribution in [1.29, 1.82) is 0 Å². The van der Waals surface area contributed by atoms with E-state index >= 15 is 0 Å². The molecule has 2 rings (SSSR count). The van der Waals surface area contributed by atoms with Crippen molar-refractivity contribution in [2.24, 2.45) is 0 Å². The first-order valence-electron chi connectivity index (χ1n) is 9.61. The lowest BCUT2D eigenvalue weighted by molar-refractivity contribution is 0.483. The van der Waals surface area contributed by atoms with E-state index < -0.39 is 31.4 Å². The lowest BCUT2D eigenvalue weighted by atomic mass is 10.3. The van der Waals surface area contributed by atoms with Crippen molar-refractivity contribution in [2.75, 3.05) is 0 Å². The molecule has 0 saturated carbocycles. The Labute approximate surface area is 169 Å². The molecule has 0 aromatic heterocycles. The van der Waals surface area contributed by atoms with E-state index in [4.69, 9.17) is 0 Å². The van der Waals surface area contributed by atoms with Crippen LogP contribution in [0.1, 0.15) is 0 Å². The van der Waals surface area contributed by atoms with Gasteiger partial charge in [-0.3, -0.25) is 0 Å². The number of benzene rings is 2. The summed E-state index contributed by atoms with van der Waals surface area (Å²) in [5.41, 5.74) is 0. The van der Waals surface area contributed by atoms with Gasteiger partial charge in [-0.2, -0.15) is 0 Å². The number of hydrogen-bond donors (Lipinski definition) is 2. The molecule has 2 aromatic carbocycles. The van der Waals surface area contributed by atoms with E-state index in [0.29, 0.717) is 11.5 Å². The third-order valence-corrected chi connectivity index (χ3v) is 17.3. The normalized spacial score (nSPS) is 13.3. The van der Waals surface area contributed by atoms with Crippen LogP contribution in [0.4, 0.5) is 0 Å². The standard InChI is InChI=1S/C21H35O2PSi3/c1-25(2,3)18-14-10-12-16(20(18)22)24(27(7,8)9)17-13-11-15-19(21(17)23)26(4,5)6/h10-15,22-23H,1-9H3. The zero-order valence-electron chi connectivity index (χ0n) is 18.3. The Morgan fingerprint density at radius 2 is 0.926 bits per heavy atom. The molecule has 2 nitrogen and oxygen atoms in total. The van der Waals surface area contributed by atoms with Crippen LogP contribution < -0.4 is 21.0 Å². The maximum absolute atomic E-state index is 11.2. The van der Waals surface area contributed by atoms with E-state index in [0.717, 1.165) is 21.0 Å². The van der Waals surface area contributed by atoms with Crippen LogP contribution >= 0.6 is 7.47 Å². The van der Waals surface area contributed by atoms with Crippen LogP contribution in [0.2, 0.25) is 58.9 Å². The first-order valence-corrected chi connectivity index (χ1v) is 22.3. The summed E-state index contributed by atoms with van der Waals surface area (Å²) in [7, 11) is -5.80. The quantitative estimate of drug-likeness (QED) is 0.539. The summed E-state index contributed by atoms with van der Waals surface area (Å²) in [6, 6.07) is 12.5. The minimum atomic E-state index is -1.72. The number of hydrogen-bond acceptors (Lipinski definition) is 2. The Hall–Kier alpha value is -0.879. The topological polar surface area (TPSA) is 40.5 Å². The van der Waals surface area contributed by atoms with Crippen molar-refractivity contribution in [3.8, 4) is 11.5 Å². The molecule has 0 aliphatic heterocycles. The third kappa shape index (κ3) is 4.76. The third-order valence-electron chi connectivity index (χ3n) is 4.80. The van der Waals surface area contributed by atoms with Crippen molar-refractivity contribution in [1.82, 2.24) is 0 Å². The molecule has 2 aromatic rings. The van der Waals surface area contributed by atoms with E-state index in [9.17, 15) is 10.2 Å². The van der Waals surface area contributed by atoms with Crippen molar-refractivity contribution >= 4 is 52.3 Å². The second-order valence-electron chi connectivity index (χ2n) is 10.4. The second-order valence-corrected chi connectivity index (χ2v) is 31.8. The highest BCUT2D eigenvalue weighted by Gasteiger charge is 2.36.